The summed E-state index contributed by atoms with van der Waals surface area (Å²) in [6, 6.07) is 0. The molecule has 3 aliphatic rings. The molecular weight excluding hydrogens is 396 g/mol. The van der Waals surface area contributed by atoms with E-state index in [9.17, 15) is 14.7 Å². The fourth-order valence-electron chi connectivity index (χ4n) is 4.54. The number of aliphatic carboxylic acids is 1. The minimum atomic E-state index is -1.20. The van der Waals surface area contributed by atoms with Gasteiger partial charge in [0.25, 0.3) is 5.88 Å². The maximum Gasteiger partial charge on any atom is 0.339 e. The smallest absolute Gasteiger partial charge is 0.339 e. The summed E-state index contributed by atoms with van der Waals surface area (Å²) in [5.41, 5.74) is 1.24. The zero-order valence-corrected chi connectivity index (χ0v) is 17.3. The molecule has 156 valence electrons. The van der Waals surface area contributed by atoms with Crippen LogP contribution in [0.4, 0.5) is 0 Å². The topological polar surface area (TPSA) is 90.7 Å². The molecular formula is C21H25ClN2O5. The van der Waals surface area contributed by atoms with E-state index in [1.807, 2.05) is 4.68 Å². The van der Waals surface area contributed by atoms with Gasteiger partial charge in [0.1, 0.15) is 16.7 Å². The van der Waals surface area contributed by atoms with Crippen molar-refractivity contribution in [3.05, 3.63) is 28.4 Å². The lowest BCUT2D eigenvalue weighted by atomic mass is 9.72. The van der Waals surface area contributed by atoms with Crippen LogP contribution in [0.25, 0.3) is 5.57 Å². The molecule has 1 fully saturated rings. The minimum absolute atomic E-state index is 0.0874. The predicted octanol–water partition coefficient (Wildman–Crippen LogP) is 3.36. The molecule has 2 aliphatic heterocycles. The van der Waals surface area contributed by atoms with Crippen LogP contribution in [0.3, 0.4) is 0 Å². The van der Waals surface area contributed by atoms with Gasteiger partial charge in [-0.25, -0.2) is 4.79 Å². The Hall–Kier alpha value is -2.12. The molecule has 4 rings (SSSR count). The van der Waals surface area contributed by atoms with E-state index in [4.69, 9.17) is 21.1 Å². The van der Waals surface area contributed by atoms with E-state index in [1.54, 1.807) is 0 Å². The average molecular weight is 421 g/mol. The Morgan fingerprint density at radius 3 is 2.86 bits per heavy atom. The van der Waals surface area contributed by atoms with E-state index in [1.165, 1.54) is 12.2 Å². The van der Waals surface area contributed by atoms with Gasteiger partial charge in [0.15, 0.2) is 5.78 Å². The Morgan fingerprint density at radius 1 is 1.41 bits per heavy atom. The maximum atomic E-state index is 12.7. The second kappa shape index (κ2) is 7.95. The van der Waals surface area contributed by atoms with Crippen LogP contribution in [0.2, 0.25) is 5.02 Å². The summed E-state index contributed by atoms with van der Waals surface area (Å²) in [6.07, 6.45) is 4.97. The van der Waals surface area contributed by atoms with Gasteiger partial charge in [-0.05, 0) is 42.2 Å². The van der Waals surface area contributed by atoms with Crippen molar-refractivity contribution in [1.82, 2.24) is 9.78 Å². The monoisotopic (exact) mass is 420 g/mol. The first-order valence-corrected chi connectivity index (χ1v) is 10.4. The van der Waals surface area contributed by atoms with Gasteiger partial charge in [-0.15, -0.1) is 5.10 Å². The number of aromatic nitrogens is 2. The predicted molar refractivity (Wildman–Crippen MR) is 107 cm³/mol. The highest BCUT2D eigenvalue weighted by atomic mass is 35.5. The number of hydrogen-bond donors (Lipinski definition) is 1. The Balaban J connectivity index is 1.78. The van der Waals surface area contributed by atoms with Crippen molar-refractivity contribution in [1.29, 1.82) is 0 Å². The molecule has 1 aromatic rings. The van der Waals surface area contributed by atoms with Crippen LogP contribution in [0.1, 0.15) is 38.8 Å². The summed E-state index contributed by atoms with van der Waals surface area (Å²) in [7, 11) is 0. The molecule has 0 amide bonds. The molecule has 1 N–H and O–H groups in total. The molecule has 8 heteroatoms. The van der Waals surface area contributed by atoms with Crippen molar-refractivity contribution < 1.29 is 24.2 Å². The average Bonchev–Trinajstić information content (AvgIpc) is 3.26. The Morgan fingerprint density at radius 2 is 2.21 bits per heavy atom. The van der Waals surface area contributed by atoms with Crippen molar-refractivity contribution in [2.24, 2.45) is 17.8 Å². The summed E-state index contributed by atoms with van der Waals surface area (Å²) < 4.78 is 13.2. The third-order valence-electron chi connectivity index (χ3n) is 6.07. The third kappa shape index (κ3) is 3.73. The number of carboxylic acid groups (broad SMARTS) is 1. The molecule has 0 aromatic carbocycles. The SMILES string of the molecule is CC(C)[C@@H]1Cn2nc(O[C@H]3CCOC3)c(Cl)c2/C2=C/C(=O)/C(C(=O)O)=C\CCC21. The highest BCUT2D eigenvalue weighted by Crippen LogP contribution is 2.47. The van der Waals surface area contributed by atoms with Gasteiger partial charge in [0.05, 0.1) is 18.9 Å². The van der Waals surface area contributed by atoms with Crippen molar-refractivity contribution >= 4 is 28.9 Å². The second-order valence-electron chi connectivity index (χ2n) is 8.23. The molecule has 1 aliphatic carbocycles. The number of fused-ring (bicyclic) bond motifs is 3. The number of carboxylic acids is 1. The van der Waals surface area contributed by atoms with Gasteiger partial charge >= 0.3 is 5.97 Å². The Bertz CT molecular complexity index is 895. The number of ether oxygens (including phenoxy) is 2. The quantitative estimate of drug-likeness (QED) is 0.751. The normalized spacial score (nSPS) is 30.5. The van der Waals surface area contributed by atoms with E-state index < -0.39 is 11.8 Å². The summed E-state index contributed by atoms with van der Waals surface area (Å²) >= 11 is 6.68. The summed E-state index contributed by atoms with van der Waals surface area (Å²) in [4.78, 5) is 24.2. The largest absolute Gasteiger partial charge is 0.478 e. The van der Waals surface area contributed by atoms with Gasteiger partial charge in [-0.3, -0.25) is 9.48 Å². The molecule has 0 spiro atoms. The molecule has 1 aromatic heterocycles. The number of halogens is 1. The van der Waals surface area contributed by atoms with Crippen LogP contribution in [-0.2, 0) is 20.9 Å². The molecule has 1 saturated heterocycles. The van der Waals surface area contributed by atoms with Crippen molar-refractivity contribution in [3.8, 4) is 5.88 Å². The lowest BCUT2D eigenvalue weighted by molar-refractivity contribution is -0.134. The van der Waals surface area contributed by atoms with Gasteiger partial charge in [-0.2, -0.15) is 0 Å². The van der Waals surface area contributed by atoms with E-state index in [0.29, 0.717) is 48.7 Å². The molecule has 7 nitrogen and oxygen atoms in total. The first-order valence-electron chi connectivity index (χ1n) is 10.1. The molecule has 1 unspecified atom stereocenters. The standard InChI is InChI=1S/C21H25ClN2O5/c1-11(2)16-9-24-19(18(22)20(23-24)29-12-6-7-28-10-12)15-8-17(25)14(21(26)27)5-3-4-13(15)16/h5,8,11-13,16H,3-4,6-7,9-10H2,1-2H3,(H,26,27)/b14-5+,15-8+/t12-,13?,16-/m0/s1. The summed E-state index contributed by atoms with van der Waals surface area (Å²) in [5, 5.41) is 14.4. The molecule has 0 radical (unpaired) electrons. The number of nitrogens with zero attached hydrogens (tertiary/aromatic N) is 2. The molecule has 0 saturated carbocycles. The van der Waals surface area contributed by atoms with Crippen molar-refractivity contribution in [3.63, 3.8) is 0 Å². The number of allylic oxidation sites excluding steroid dienone is 3. The highest BCUT2D eigenvalue weighted by Gasteiger charge is 2.39. The third-order valence-corrected chi connectivity index (χ3v) is 6.41. The number of hydrogen-bond acceptors (Lipinski definition) is 5. The zero-order valence-electron chi connectivity index (χ0n) is 16.6. The molecule has 0 bridgehead atoms. The van der Waals surface area contributed by atoms with Gasteiger partial charge < -0.3 is 14.6 Å². The molecule has 3 heterocycles. The number of carbonyl (C=O) groups is 2. The Kier molecular flexibility index (Phi) is 5.53. The minimum Gasteiger partial charge on any atom is -0.478 e. The van der Waals surface area contributed by atoms with Crippen molar-refractivity contribution in [2.75, 3.05) is 13.2 Å². The van der Waals surface area contributed by atoms with Crippen LogP contribution in [0.15, 0.2) is 17.7 Å². The van der Waals surface area contributed by atoms with E-state index in [0.717, 1.165) is 18.4 Å². The van der Waals surface area contributed by atoms with Crippen LogP contribution >= 0.6 is 11.6 Å². The Labute approximate surface area is 174 Å². The lowest BCUT2D eigenvalue weighted by Crippen LogP contribution is -2.33. The highest BCUT2D eigenvalue weighted by molar-refractivity contribution is 6.34. The number of carbonyl (C=O) groups excluding carboxylic acids is 1. The number of ketones is 1. The summed E-state index contributed by atoms with van der Waals surface area (Å²) in [6.45, 7) is 6.15. The zero-order chi connectivity index (χ0) is 20.7. The van der Waals surface area contributed by atoms with Gasteiger partial charge in [0, 0.05) is 13.0 Å². The fraction of sp³-hybridized carbons (Fsp3) is 0.571. The first kappa shape index (κ1) is 20.2. The van der Waals surface area contributed by atoms with E-state index in [-0.39, 0.29) is 23.5 Å². The summed E-state index contributed by atoms with van der Waals surface area (Å²) in [5.74, 6) is -0.618. The number of rotatable bonds is 4. The van der Waals surface area contributed by atoms with Crippen LogP contribution in [-0.4, -0.2) is 46.0 Å². The van der Waals surface area contributed by atoms with E-state index in [2.05, 4.69) is 18.9 Å². The van der Waals surface area contributed by atoms with Gasteiger partial charge in [-0.1, -0.05) is 31.5 Å². The van der Waals surface area contributed by atoms with Crippen LogP contribution in [0.5, 0.6) is 5.88 Å². The van der Waals surface area contributed by atoms with Crippen LogP contribution in [0, 0.1) is 17.8 Å². The van der Waals surface area contributed by atoms with Crippen LogP contribution < -0.4 is 4.74 Å². The van der Waals surface area contributed by atoms with Crippen molar-refractivity contribution in [2.45, 2.75) is 45.8 Å². The van der Waals surface area contributed by atoms with Gasteiger partial charge in [0.2, 0.25) is 0 Å². The maximum absolute atomic E-state index is 12.7. The lowest BCUT2D eigenvalue weighted by Gasteiger charge is -2.37. The fourth-order valence-corrected chi connectivity index (χ4v) is 4.83. The molecule has 29 heavy (non-hydrogen) atoms. The molecule has 3 atom stereocenters. The second-order valence-corrected chi connectivity index (χ2v) is 8.61. The first-order chi connectivity index (χ1) is 13.9. The van der Waals surface area contributed by atoms with E-state index >= 15 is 0 Å².